The molecule has 0 aliphatic heterocycles. The molecule has 0 heterocycles. The zero-order valence-electron chi connectivity index (χ0n) is 10.8. The van der Waals surface area contributed by atoms with Crippen molar-refractivity contribution in [2.45, 2.75) is 27.2 Å². The predicted molar refractivity (Wildman–Crippen MR) is 70.5 cm³/mol. The SMILES string of the molecule is CC(C)(C)CC(=O)Nc1ccc(N)cc1C(=O)O. The molecule has 18 heavy (non-hydrogen) atoms. The van der Waals surface area contributed by atoms with Gasteiger partial charge >= 0.3 is 5.97 Å². The summed E-state index contributed by atoms with van der Waals surface area (Å²) in [5.74, 6) is -1.33. The molecule has 0 saturated carbocycles. The maximum atomic E-state index is 11.8. The molecule has 0 spiro atoms. The molecule has 1 rings (SSSR count). The summed E-state index contributed by atoms with van der Waals surface area (Å²) in [6.45, 7) is 5.81. The van der Waals surface area contributed by atoms with E-state index in [1.165, 1.54) is 12.1 Å². The van der Waals surface area contributed by atoms with E-state index in [0.29, 0.717) is 12.1 Å². The molecule has 0 bridgehead atoms. The van der Waals surface area contributed by atoms with E-state index in [2.05, 4.69) is 5.32 Å². The van der Waals surface area contributed by atoms with Crippen molar-refractivity contribution in [1.82, 2.24) is 0 Å². The van der Waals surface area contributed by atoms with Crippen molar-refractivity contribution in [2.75, 3.05) is 11.1 Å². The molecule has 0 unspecified atom stereocenters. The molecule has 1 amide bonds. The smallest absolute Gasteiger partial charge is 0.337 e. The number of carboxylic acids is 1. The normalized spacial score (nSPS) is 11.1. The van der Waals surface area contributed by atoms with E-state index in [1.807, 2.05) is 20.8 Å². The van der Waals surface area contributed by atoms with E-state index in [-0.39, 0.29) is 22.6 Å². The molecule has 0 saturated heterocycles. The average molecular weight is 250 g/mol. The molecule has 0 radical (unpaired) electrons. The van der Waals surface area contributed by atoms with E-state index in [0.717, 1.165) is 0 Å². The van der Waals surface area contributed by atoms with Crippen molar-refractivity contribution in [3.05, 3.63) is 23.8 Å². The van der Waals surface area contributed by atoms with Gasteiger partial charge in [-0.15, -0.1) is 0 Å². The number of nitrogens with two attached hydrogens (primary N) is 1. The van der Waals surface area contributed by atoms with Gasteiger partial charge in [0.1, 0.15) is 0 Å². The second-order valence-corrected chi connectivity index (χ2v) is 5.40. The first-order valence-corrected chi connectivity index (χ1v) is 5.62. The Morgan fingerprint density at radius 1 is 1.33 bits per heavy atom. The van der Waals surface area contributed by atoms with Crippen LogP contribution in [0.5, 0.6) is 0 Å². The molecule has 4 N–H and O–H groups in total. The van der Waals surface area contributed by atoms with Gasteiger partial charge in [-0.2, -0.15) is 0 Å². The lowest BCUT2D eigenvalue weighted by molar-refractivity contribution is -0.117. The molecule has 1 aromatic carbocycles. The minimum Gasteiger partial charge on any atom is -0.478 e. The lowest BCUT2D eigenvalue weighted by Crippen LogP contribution is -2.21. The molecular formula is C13H18N2O3. The molecule has 5 nitrogen and oxygen atoms in total. The summed E-state index contributed by atoms with van der Waals surface area (Å²) in [7, 11) is 0. The number of nitrogens with one attached hydrogen (secondary N) is 1. The topological polar surface area (TPSA) is 92.4 Å². The molecule has 0 atom stereocenters. The first-order chi connectivity index (χ1) is 8.19. The first-order valence-electron chi connectivity index (χ1n) is 5.62. The van der Waals surface area contributed by atoms with Gasteiger partial charge in [-0.1, -0.05) is 20.8 Å². The summed E-state index contributed by atoms with van der Waals surface area (Å²) in [6.07, 6.45) is 0.316. The number of carbonyl (C=O) groups is 2. The standard InChI is InChI=1S/C13H18N2O3/c1-13(2,3)7-11(16)15-10-5-4-8(14)6-9(10)12(17)18/h4-6H,7,14H2,1-3H3,(H,15,16)(H,17,18). The molecule has 0 fully saturated rings. The van der Waals surface area contributed by atoms with Crippen molar-refractivity contribution < 1.29 is 14.7 Å². The minimum absolute atomic E-state index is 0.00254. The van der Waals surface area contributed by atoms with Gasteiger partial charge in [-0.05, 0) is 23.6 Å². The highest BCUT2D eigenvalue weighted by atomic mass is 16.4. The van der Waals surface area contributed by atoms with E-state index < -0.39 is 5.97 Å². The molecule has 0 aromatic heterocycles. The Morgan fingerprint density at radius 2 is 1.94 bits per heavy atom. The van der Waals surface area contributed by atoms with Crippen molar-refractivity contribution in [3.8, 4) is 0 Å². The Morgan fingerprint density at radius 3 is 2.44 bits per heavy atom. The first kappa shape index (κ1) is 14.0. The number of carbonyl (C=O) groups excluding carboxylic acids is 1. The third-order valence-electron chi connectivity index (χ3n) is 2.24. The molecule has 5 heteroatoms. The van der Waals surface area contributed by atoms with Gasteiger partial charge in [0.2, 0.25) is 5.91 Å². The number of aromatic carboxylic acids is 1. The van der Waals surface area contributed by atoms with Gasteiger partial charge in [-0.25, -0.2) is 4.79 Å². The van der Waals surface area contributed by atoms with Gasteiger partial charge in [0, 0.05) is 12.1 Å². The fourth-order valence-corrected chi connectivity index (χ4v) is 1.52. The third kappa shape index (κ3) is 4.08. The van der Waals surface area contributed by atoms with Crippen LogP contribution in [0.2, 0.25) is 0 Å². The lowest BCUT2D eigenvalue weighted by Gasteiger charge is -2.18. The highest BCUT2D eigenvalue weighted by Gasteiger charge is 2.18. The summed E-state index contributed by atoms with van der Waals surface area (Å²) in [4.78, 5) is 22.8. The monoisotopic (exact) mass is 250 g/mol. The lowest BCUT2D eigenvalue weighted by atomic mass is 9.92. The fraction of sp³-hybridized carbons (Fsp3) is 0.385. The van der Waals surface area contributed by atoms with Crippen molar-refractivity contribution >= 4 is 23.3 Å². The second-order valence-electron chi connectivity index (χ2n) is 5.40. The van der Waals surface area contributed by atoms with Gasteiger partial charge < -0.3 is 16.2 Å². The van der Waals surface area contributed by atoms with E-state index in [1.54, 1.807) is 6.07 Å². The molecule has 1 aromatic rings. The largest absolute Gasteiger partial charge is 0.478 e. The van der Waals surface area contributed by atoms with Crippen LogP contribution < -0.4 is 11.1 Å². The zero-order valence-corrected chi connectivity index (χ0v) is 10.8. The summed E-state index contributed by atoms with van der Waals surface area (Å²) < 4.78 is 0. The highest BCUT2D eigenvalue weighted by molar-refractivity contribution is 6.01. The number of rotatable bonds is 3. The van der Waals surface area contributed by atoms with Crippen LogP contribution in [0.15, 0.2) is 18.2 Å². The number of benzene rings is 1. The Balaban J connectivity index is 2.91. The van der Waals surface area contributed by atoms with Crippen LogP contribution in [0.3, 0.4) is 0 Å². The van der Waals surface area contributed by atoms with E-state index >= 15 is 0 Å². The highest BCUT2D eigenvalue weighted by Crippen LogP contribution is 2.22. The number of carboxylic acid groups (broad SMARTS) is 1. The predicted octanol–water partition coefficient (Wildman–Crippen LogP) is 2.34. The Labute approximate surface area is 106 Å². The zero-order chi connectivity index (χ0) is 13.9. The second kappa shape index (κ2) is 5.08. The Hall–Kier alpha value is -2.04. The van der Waals surface area contributed by atoms with Crippen LogP contribution in [-0.2, 0) is 4.79 Å². The van der Waals surface area contributed by atoms with Crippen molar-refractivity contribution in [3.63, 3.8) is 0 Å². The van der Waals surface area contributed by atoms with Gasteiger partial charge in [0.15, 0.2) is 0 Å². The van der Waals surface area contributed by atoms with Crippen molar-refractivity contribution in [2.24, 2.45) is 5.41 Å². The number of amides is 1. The van der Waals surface area contributed by atoms with Crippen LogP contribution in [0, 0.1) is 5.41 Å². The van der Waals surface area contributed by atoms with E-state index in [9.17, 15) is 9.59 Å². The van der Waals surface area contributed by atoms with Crippen LogP contribution >= 0.6 is 0 Å². The molecular weight excluding hydrogens is 232 g/mol. The summed E-state index contributed by atoms with van der Waals surface area (Å²) >= 11 is 0. The third-order valence-corrected chi connectivity index (χ3v) is 2.24. The maximum Gasteiger partial charge on any atom is 0.337 e. The van der Waals surface area contributed by atoms with E-state index in [4.69, 9.17) is 10.8 Å². The fourth-order valence-electron chi connectivity index (χ4n) is 1.52. The number of hydrogen-bond donors (Lipinski definition) is 3. The summed E-state index contributed by atoms with van der Waals surface area (Å²) in [5.41, 5.74) is 5.99. The average Bonchev–Trinajstić information content (AvgIpc) is 2.17. The van der Waals surface area contributed by atoms with Gasteiger partial charge in [0.05, 0.1) is 11.3 Å². The van der Waals surface area contributed by atoms with Crippen LogP contribution in [0.1, 0.15) is 37.6 Å². The number of nitrogen functional groups attached to an aromatic ring is 1. The van der Waals surface area contributed by atoms with Gasteiger partial charge in [0.25, 0.3) is 0 Å². The Kier molecular flexibility index (Phi) is 3.96. The van der Waals surface area contributed by atoms with Crippen LogP contribution in [0.25, 0.3) is 0 Å². The van der Waals surface area contributed by atoms with Crippen molar-refractivity contribution in [1.29, 1.82) is 0 Å². The minimum atomic E-state index is -1.12. The number of anilines is 2. The molecule has 0 aliphatic carbocycles. The maximum absolute atomic E-state index is 11.8. The summed E-state index contributed by atoms with van der Waals surface area (Å²) in [6, 6.07) is 4.38. The van der Waals surface area contributed by atoms with Crippen LogP contribution in [0.4, 0.5) is 11.4 Å². The quantitative estimate of drug-likeness (QED) is 0.718. The van der Waals surface area contributed by atoms with Gasteiger partial charge in [-0.3, -0.25) is 4.79 Å². The summed E-state index contributed by atoms with van der Waals surface area (Å²) in [5, 5.41) is 11.6. The van der Waals surface area contributed by atoms with Crippen LogP contribution in [-0.4, -0.2) is 17.0 Å². The number of hydrogen-bond acceptors (Lipinski definition) is 3. The molecule has 0 aliphatic rings. The molecule has 98 valence electrons. The Bertz CT molecular complexity index is 476.